The molecule has 1 amide bonds. The number of imidazole rings is 1. The lowest BCUT2D eigenvalue weighted by molar-refractivity contribution is 0.0710. The molecule has 2 aliphatic rings. The van der Waals surface area contributed by atoms with Gasteiger partial charge in [-0.25, -0.2) is 4.98 Å². The normalized spacial score (nSPS) is 22.7. The van der Waals surface area contributed by atoms with Gasteiger partial charge in [0, 0.05) is 25.7 Å². The molecule has 6 nitrogen and oxygen atoms in total. The van der Waals surface area contributed by atoms with Gasteiger partial charge in [0.1, 0.15) is 17.3 Å². The number of benzene rings is 1. The summed E-state index contributed by atoms with van der Waals surface area (Å²) in [5, 5.41) is 10.2. The van der Waals surface area contributed by atoms with E-state index in [9.17, 15) is 9.90 Å². The Hall–Kier alpha value is -2.34. The first-order valence-corrected chi connectivity index (χ1v) is 8.84. The average molecular weight is 341 g/mol. The van der Waals surface area contributed by atoms with Crippen LogP contribution in [0.25, 0.3) is 0 Å². The number of β-amino-alcohol motifs (C(OH)–C–C–N with tert-alkyl or cyclic N) is 1. The van der Waals surface area contributed by atoms with Crippen molar-refractivity contribution in [3.63, 3.8) is 0 Å². The summed E-state index contributed by atoms with van der Waals surface area (Å²) in [6.07, 6.45) is 5.06. The number of carbonyl (C=O) groups excluding carboxylic acids is 1. The zero-order valence-electron chi connectivity index (χ0n) is 14.4. The Morgan fingerprint density at radius 3 is 3.04 bits per heavy atom. The van der Waals surface area contributed by atoms with Crippen molar-refractivity contribution in [1.82, 2.24) is 14.5 Å². The topological polar surface area (TPSA) is 67.6 Å². The van der Waals surface area contributed by atoms with Crippen LogP contribution in [0.1, 0.15) is 47.2 Å². The Bertz CT molecular complexity index is 762. The fraction of sp³-hybridized carbons (Fsp3) is 0.474. The van der Waals surface area contributed by atoms with E-state index in [4.69, 9.17) is 4.74 Å². The fourth-order valence-electron chi connectivity index (χ4n) is 3.87. The van der Waals surface area contributed by atoms with Gasteiger partial charge in [0.05, 0.1) is 19.3 Å². The van der Waals surface area contributed by atoms with Crippen LogP contribution in [0, 0.1) is 0 Å². The van der Waals surface area contributed by atoms with Crippen LogP contribution in [0.3, 0.4) is 0 Å². The van der Waals surface area contributed by atoms with Crippen LogP contribution < -0.4 is 4.74 Å². The van der Waals surface area contributed by atoms with Gasteiger partial charge < -0.3 is 19.3 Å². The molecule has 1 fully saturated rings. The predicted molar refractivity (Wildman–Crippen MR) is 92.6 cm³/mol. The molecular weight excluding hydrogens is 318 g/mol. The number of carbonyl (C=O) groups is 1. The smallest absolute Gasteiger partial charge is 0.274 e. The molecule has 25 heavy (non-hydrogen) atoms. The number of fused-ring (bicyclic) bond motifs is 1. The highest BCUT2D eigenvalue weighted by Gasteiger charge is 2.37. The SMILES string of the molecule is COc1cccc([C@@H]2C[C@H](O)CN2C(=O)c2cn3c(n2)CCCC3)c1. The lowest BCUT2D eigenvalue weighted by Crippen LogP contribution is -2.32. The number of likely N-dealkylation sites (tertiary alicyclic amines) is 1. The molecule has 6 heteroatoms. The maximum absolute atomic E-state index is 13.1. The van der Waals surface area contributed by atoms with Crippen molar-refractivity contribution in [2.24, 2.45) is 0 Å². The largest absolute Gasteiger partial charge is 0.497 e. The first kappa shape index (κ1) is 16.1. The van der Waals surface area contributed by atoms with Crippen molar-refractivity contribution < 1.29 is 14.6 Å². The van der Waals surface area contributed by atoms with Crippen molar-refractivity contribution in [2.45, 2.75) is 44.4 Å². The molecule has 0 saturated carbocycles. The molecule has 2 aromatic rings. The van der Waals surface area contributed by atoms with Gasteiger partial charge >= 0.3 is 0 Å². The number of aliphatic hydroxyl groups excluding tert-OH is 1. The van der Waals surface area contributed by atoms with Crippen molar-refractivity contribution in [3.8, 4) is 5.75 Å². The van der Waals surface area contributed by atoms with E-state index in [0.29, 0.717) is 18.7 Å². The number of ether oxygens (including phenoxy) is 1. The molecule has 0 radical (unpaired) electrons. The van der Waals surface area contributed by atoms with E-state index in [-0.39, 0.29) is 11.9 Å². The Morgan fingerprint density at radius 2 is 2.24 bits per heavy atom. The second-order valence-electron chi connectivity index (χ2n) is 6.83. The Labute approximate surface area is 147 Å². The first-order valence-electron chi connectivity index (χ1n) is 8.84. The maximum Gasteiger partial charge on any atom is 0.274 e. The third kappa shape index (κ3) is 3.02. The van der Waals surface area contributed by atoms with E-state index < -0.39 is 6.10 Å². The highest BCUT2D eigenvalue weighted by molar-refractivity contribution is 5.92. The number of aromatic nitrogens is 2. The third-order valence-corrected chi connectivity index (χ3v) is 5.15. The van der Waals surface area contributed by atoms with Gasteiger partial charge in [-0.3, -0.25) is 4.79 Å². The Morgan fingerprint density at radius 1 is 1.36 bits per heavy atom. The number of aliphatic hydroxyl groups is 1. The summed E-state index contributed by atoms with van der Waals surface area (Å²) in [5.74, 6) is 1.64. The summed E-state index contributed by atoms with van der Waals surface area (Å²) in [6, 6.07) is 7.54. The molecule has 4 rings (SSSR count). The highest BCUT2D eigenvalue weighted by atomic mass is 16.5. The first-order chi connectivity index (χ1) is 12.2. The van der Waals surface area contributed by atoms with E-state index in [0.717, 1.165) is 42.9 Å². The molecular formula is C19H23N3O3. The van der Waals surface area contributed by atoms with E-state index in [2.05, 4.69) is 9.55 Å². The van der Waals surface area contributed by atoms with Crippen molar-refractivity contribution in [2.75, 3.05) is 13.7 Å². The number of amides is 1. The molecule has 1 N–H and O–H groups in total. The minimum atomic E-state index is -0.516. The molecule has 132 valence electrons. The van der Waals surface area contributed by atoms with E-state index in [1.54, 1.807) is 12.0 Å². The van der Waals surface area contributed by atoms with E-state index >= 15 is 0 Å². The van der Waals surface area contributed by atoms with Gasteiger partial charge in [-0.05, 0) is 37.0 Å². The van der Waals surface area contributed by atoms with Crippen LogP contribution in [0.2, 0.25) is 0 Å². The summed E-state index contributed by atoms with van der Waals surface area (Å²) in [4.78, 5) is 19.3. The fourth-order valence-corrected chi connectivity index (χ4v) is 3.87. The van der Waals surface area contributed by atoms with E-state index in [1.165, 1.54) is 0 Å². The molecule has 0 aliphatic carbocycles. The molecule has 2 atom stereocenters. The maximum atomic E-state index is 13.1. The van der Waals surface area contributed by atoms with Crippen LogP contribution in [0.15, 0.2) is 30.5 Å². The van der Waals surface area contributed by atoms with Crippen molar-refractivity contribution in [1.29, 1.82) is 0 Å². The summed E-state index contributed by atoms with van der Waals surface area (Å²) in [7, 11) is 1.63. The molecule has 1 aromatic heterocycles. The number of methoxy groups -OCH3 is 1. The molecule has 1 aromatic carbocycles. The summed E-state index contributed by atoms with van der Waals surface area (Å²) >= 11 is 0. The summed E-state index contributed by atoms with van der Waals surface area (Å²) in [5.41, 5.74) is 1.46. The molecule has 0 spiro atoms. The molecule has 2 aliphatic heterocycles. The average Bonchev–Trinajstić information content (AvgIpc) is 3.24. The van der Waals surface area contributed by atoms with Gasteiger partial charge in [-0.15, -0.1) is 0 Å². The number of aryl methyl sites for hydroxylation is 2. The number of hydrogen-bond acceptors (Lipinski definition) is 4. The quantitative estimate of drug-likeness (QED) is 0.929. The van der Waals surface area contributed by atoms with Gasteiger partial charge in [0.15, 0.2) is 0 Å². The summed E-state index contributed by atoms with van der Waals surface area (Å²) < 4.78 is 7.38. The van der Waals surface area contributed by atoms with Crippen LogP contribution in [-0.2, 0) is 13.0 Å². The number of rotatable bonds is 3. The number of hydrogen-bond donors (Lipinski definition) is 1. The van der Waals surface area contributed by atoms with Crippen LogP contribution in [-0.4, -0.2) is 45.2 Å². The van der Waals surface area contributed by atoms with Gasteiger partial charge in [0.2, 0.25) is 0 Å². The number of nitrogens with zero attached hydrogens (tertiary/aromatic N) is 3. The van der Waals surface area contributed by atoms with Crippen molar-refractivity contribution in [3.05, 3.63) is 47.5 Å². The minimum Gasteiger partial charge on any atom is -0.497 e. The summed E-state index contributed by atoms with van der Waals surface area (Å²) in [6.45, 7) is 1.26. The van der Waals surface area contributed by atoms with E-state index in [1.807, 2.05) is 30.5 Å². The molecule has 3 heterocycles. The Balaban J connectivity index is 1.62. The third-order valence-electron chi connectivity index (χ3n) is 5.15. The lowest BCUT2D eigenvalue weighted by Gasteiger charge is -2.24. The van der Waals surface area contributed by atoms with Gasteiger partial charge in [0.25, 0.3) is 5.91 Å². The minimum absolute atomic E-state index is 0.105. The standard InChI is InChI=1S/C19H23N3O3/c1-25-15-6-4-5-13(9-15)17-10-14(23)11-22(17)19(24)16-12-21-8-3-2-7-18(21)20-16/h4-6,9,12,14,17,23H,2-3,7-8,10-11H2,1H3/t14-,17-/m0/s1. The van der Waals surface area contributed by atoms with Crippen LogP contribution >= 0.6 is 0 Å². The molecule has 0 bridgehead atoms. The zero-order valence-corrected chi connectivity index (χ0v) is 14.4. The monoisotopic (exact) mass is 341 g/mol. The second-order valence-corrected chi connectivity index (χ2v) is 6.83. The lowest BCUT2D eigenvalue weighted by atomic mass is 10.0. The second kappa shape index (κ2) is 6.52. The molecule has 0 unspecified atom stereocenters. The molecule has 1 saturated heterocycles. The Kier molecular flexibility index (Phi) is 4.21. The van der Waals surface area contributed by atoms with Gasteiger partial charge in [-0.2, -0.15) is 0 Å². The van der Waals surface area contributed by atoms with Crippen LogP contribution in [0.5, 0.6) is 5.75 Å². The highest BCUT2D eigenvalue weighted by Crippen LogP contribution is 2.34. The van der Waals surface area contributed by atoms with Crippen LogP contribution in [0.4, 0.5) is 0 Å². The zero-order chi connectivity index (χ0) is 17.4. The predicted octanol–water partition coefficient (Wildman–Crippen LogP) is 2.18. The van der Waals surface area contributed by atoms with Crippen molar-refractivity contribution >= 4 is 5.91 Å². The van der Waals surface area contributed by atoms with Gasteiger partial charge in [-0.1, -0.05) is 12.1 Å².